The summed E-state index contributed by atoms with van der Waals surface area (Å²) in [6.07, 6.45) is 4.65. The topological polar surface area (TPSA) is 97.4 Å². The highest BCUT2D eigenvalue weighted by molar-refractivity contribution is 5.91. The Kier molecular flexibility index (Phi) is 5.25. The molecule has 9 nitrogen and oxygen atoms in total. The maximum absolute atomic E-state index is 5.95. The molecule has 2 aromatic heterocycles. The molecule has 0 spiro atoms. The average Bonchev–Trinajstić information content (AvgIpc) is 3.40. The van der Waals surface area contributed by atoms with Crippen LogP contribution in [0.25, 0.3) is 10.9 Å². The highest BCUT2D eigenvalue weighted by Gasteiger charge is 2.36. The number of aromatic nitrogens is 4. The monoisotopic (exact) mass is 396 g/mol. The SMILES string of the molecule is c1cc(Nc2ncnc3cc(OCCCN4CC5OCCOC5C4)ccc23)[nH]n1. The summed E-state index contributed by atoms with van der Waals surface area (Å²) in [7, 11) is 0. The van der Waals surface area contributed by atoms with Crippen LogP contribution in [0.15, 0.2) is 36.8 Å². The Morgan fingerprint density at radius 1 is 1.14 bits per heavy atom. The largest absolute Gasteiger partial charge is 0.493 e. The van der Waals surface area contributed by atoms with Crippen molar-refractivity contribution >= 4 is 22.5 Å². The zero-order valence-electron chi connectivity index (χ0n) is 16.1. The van der Waals surface area contributed by atoms with Crippen molar-refractivity contribution in [1.82, 2.24) is 25.1 Å². The maximum atomic E-state index is 5.95. The van der Waals surface area contributed by atoms with E-state index in [1.54, 1.807) is 12.5 Å². The molecule has 2 aliphatic heterocycles. The first kappa shape index (κ1) is 18.3. The minimum Gasteiger partial charge on any atom is -0.493 e. The van der Waals surface area contributed by atoms with Gasteiger partial charge in [0.25, 0.3) is 0 Å². The predicted octanol–water partition coefficient (Wildman–Crippen LogP) is 1.96. The van der Waals surface area contributed by atoms with E-state index in [0.717, 1.165) is 54.3 Å². The molecular formula is C20H24N6O3. The highest BCUT2D eigenvalue weighted by atomic mass is 16.6. The molecule has 0 aliphatic carbocycles. The molecule has 0 radical (unpaired) electrons. The second kappa shape index (κ2) is 8.32. The zero-order chi connectivity index (χ0) is 19.5. The van der Waals surface area contributed by atoms with Gasteiger partial charge in [0.2, 0.25) is 0 Å². The minimum atomic E-state index is 0.231. The second-order valence-corrected chi connectivity index (χ2v) is 7.28. The van der Waals surface area contributed by atoms with Crippen LogP contribution >= 0.6 is 0 Å². The quantitative estimate of drug-likeness (QED) is 0.585. The number of hydrogen-bond donors (Lipinski definition) is 2. The summed E-state index contributed by atoms with van der Waals surface area (Å²) in [4.78, 5) is 11.1. The molecule has 3 aromatic rings. The molecular weight excluding hydrogens is 372 g/mol. The van der Waals surface area contributed by atoms with Gasteiger partial charge in [0.05, 0.1) is 43.7 Å². The number of hydrogen-bond acceptors (Lipinski definition) is 8. The Balaban J connectivity index is 1.15. The van der Waals surface area contributed by atoms with Crippen molar-refractivity contribution in [2.24, 2.45) is 0 Å². The van der Waals surface area contributed by atoms with Crippen molar-refractivity contribution in [2.75, 3.05) is 44.8 Å². The highest BCUT2D eigenvalue weighted by Crippen LogP contribution is 2.26. The third-order valence-electron chi connectivity index (χ3n) is 5.29. The molecule has 2 unspecified atom stereocenters. The van der Waals surface area contributed by atoms with E-state index >= 15 is 0 Å². The Bertz CT molecular complexity index is 937. The van der Waals surface area contributed by atoms with Crippen LogP contribution in [-0.2, 0) is 9.47 Å². The normalized spacial score (nSPS) is 21.9. The number of fused-ring (bicyclic) bond motifs is 2. The Hall–Kier alpha value is -2.75. The first-order valence-corrected chi connectivity index (χ1v) is 9.95. The number of nitrogens with zero attached hydrogens (tertiary/aromatic N) is 4. The van der Waals surface area contributed by atoms with Crippen LogP contribution in [0.5, 0.6) is 5.75 Å². The number of benzene rings is 1. The molecule has 4 heterocycles. The molecule has 0 amide bonds. The van der Waals surface area contributed by atoms with Crippen molar-refractivity contribution in [3.05, 3.63) is 36.8 Å². The number of ether oxygens (including phenoxy) is 3. The van der Waals surface area contributed by atoms with Gasteiger partial charge in [-0.2, -0.15) is 5.10 Å². The lowest BCUT2D eigenvalue weighted by Gasteiger charge is -2.24. The lowest BCUT2D eigenvalue weighted by atomic mass is 10.2. The molecule has 1 aromatic carbocycles. The van der Waals surface area contributed by atoms with Gasteiger partial charge < -0.3 is 19.5 Å². The van der Waals surface area contributed by atoms with Crippen LogP contribution in [0, 0.1) is 0 Å². The first-order chi connectivity index (χ1) is 14.3. The molecule has 0 bridgehead atoms. The fourth-order valence-electron chi connectivity index (χ4n) is 3.88. The summed E-state index contributed by atoms with van der Waals surface area (Å²) >= 11 is 0. The summed E-state index contributed by atoms with van der Waals surface area (Å²) < 4.78 is 17.5. The van der Waals surface area contributed by atoms with Gasteiger partial charge in [0.15, 0.2) is 0 Å². The number of nitrogens with one attached hydrogen (secondary N) is 2. The van der Waals surface area contributed by atoms with Crippen molar-refractivity contribution in [2.45, 2.75) is 18.6 Å². The van der Waals surface area contributed by atoms with Crippen molar-refractivity contribution in [3.8, 4) is 5.75 Å². The molecule has 2 saturated heterocycles. The molecule has 2 atom stereocenters. The molecule has 9 heteroatoms. The molecule has 0 saturated carbocycles. The molecule has 152 valence electrons. The first-order valence-electron chi connectivity index (χ1n) is 9.95. The van der Waals surface area contributed by atoms with E-state index < -0.39 is 0 Å². The van der Waals surface area contributed by atoms with Crippen molar-refractivity contribution in [1.29, 1.82) is 0 Å². The number of rotatable bonds is 7. The van der Waals surface area contributed by atoms with E-state index in [9.17, 15) is 0 Å². The van der Waals surface area contributed by atoms with Crippen LogP contribution in [0.3, 0.4) is 0 Å². The van der Waals surface area contributed by atoms with Crippen LogP contribution in [0.4, 0.5) is 11.6 Å². The van der Waals surface area contributed by atoms with E-state index in [0.29, 0.717) is 19.8 Å². The van der Waals surface area contributed by atoms with Gasteiger partial charge in [0, 0.05) is 37.2 Å². The maximum Gasteiger partial charge on any atom is 0.142 e. The standard InChI is InChI=1S/C20H24N6O3/c1(6-26-11-17-18(12-26)29-9-8-28-17)7-27-14-2-3-15-16(10-14)21-13-22-20(15)24-19-4-5-23-25-19/h2-5,10,13,17-18H,1,6-9,11-12H2,(H2,21,22,23,24,25). The Labute approximate surface area is 168 Å². The third kappa shape index (κ3) is 4.16. The van der Waals surface area contributed by atoms with Gasteiger partial charge in [-0.1, -0.05) is 0 Å². The number of anilines is 2. The minimum absolute atomic E-state index is 0.231. The van der Waals surface area contributed by atoms with Crippen LogP contribution in [0.1, 0.15) is 6.42 Å². The van der Waals surface area contributed by atoms with E-state index in [-0.39, 0.29) is 12.2 Å². The fourth-order valence-corrected chi connectivity index (χ4v) is 3.88. The molecule has 2 fully saturated rings. The van der Waals surface area contributed by atoms with E-state index in [4.69, 9.17) is 14.2 Å². The molecule has 2 aliphatic rings. The van der Waals surface area contributed by atoms with E-state index in [2.05, 4.69) is 30.4 Å². The number of H-pyrrole nitrogens is 1. The van der Waals surface area contributed by atoms with Gasteiger partial charge >= 0.3 is 0 Å². The van der Waals surface area contributed by atoms with Crippen molar-refractivity contribution in [3.63, 3.8) is 0 Å². The predicted molar refractivity (Wildman–Crippen MR) is 107 cm³/mol. The number of aromatic amines is 1. The summed E-state index contributed by atoms with van der Waals surface area (Å²) in [5.74, 6) is 2.32. The van der Waals surface area contributed by atoms with Gasteiger partial charge in [-0.05, 0) is 18.6 Å². The fraction of sp³-hybridized carbons (Fsp3) is 0.450. The summed E-state index contributed by atoms with van der Waals surface area (Å²) in [6.45, 7) is 4.95. The Morgan fingerprint density at radius 3 is 2.79 bits per heavy atom. The van der Waals surface area contributed by atoms with Crippen molar-refractivity contribution < 1.29 is 14.2 Å². The summed E-state index contributed by atoms with van der Waals surface area (Å²) in [5, 5.41) is 10.9. The average molecular weight is 396 g/mol. The summed E-state index contributed by atoms with van der Waals surface area (Å²) in [5.41, 5.74) is 0.831. The Morgan fingerprint density at radius 2 is 2.00 bits per heavy atom. The lowest BCUT2D eigenvalue weighted by molar-refractivity contribution is -0.116. The smallest absolute Gasteiger partial charge is 0.142 e. The second-order valence-electron chi connectivity index (χ2n) is 7.28. The summed E-state index contributed by atoms with van der Waals surface area (Å²) in [6, 6.07) is 7.72. The molecule has 5 rings (SSSR count). The van der Waals surface area contributed by atoms with Gasteiger partial charge in [-0.25, -0.2) is 9.97 Å². The molecule has 2 N–H and O–H groups in total. The van der Waals surface area contributed by atoms with E-state index in [1.807, 2.05) is 24.3 Å². The molecule has 29 heavy (non-hydrogen) atoms. The van der Waals surface area contributed by atoms with Crippen LogP contribution < -0.4 is 10.1 Å². The zero-order valence-corrected chi connectivity index (χ0v) is 16.1. The van der Waals surface area contributed by atoms with Gasteiger partial charge in [-0.15, -0.1) is 0 Å². The van der Waals surface area contributed by atoms with Gasteiger partial charge in [0.1, 0.15) is 23.7 Å². The van der Waals surface area contributed by atoms with E-state index in [1.165, 1.54) is 0 Å². The lowest BCUT2D eigenvalue weighted by Crippen LogP contribution is -2.36. The van der Waals surface area contributed by atoms with Crippen LogP contribution in [0.2, 0.25) is 0 Å². The number of likely N-dealkylation sites (tertiary alicyclic amines) is 1. The van der Waals surface area contributed by atoms with Gasteiger partial charge in [-0.3, -0.25) is 10.00 Å². The van der Waals surface area contributed by atoms with Crippen LogP contribution in [-0.4, -0.2) is 76.7 Å². The third-order valence-corrected chi connectivity index (χ3v) is 5.29.